The van der Waals surface area contributed by atoms with Crippen molar-refractivity contribution in [3.05, 3.63) is 139 Å². The molecular weight excluding hydrogens is 566 g/mol. The van der Waals surface area contributed by atoms with Crippen molar-refractivity contribution < 1.29 is 0 Å². The molecule has 7 aromatic rings. The van der Waals surface area contributed by atoms with Crippen LogP contribution in [0, 0.1) is 6.92 Å². The number of hydrogen-bond acceptors (Lipinski definition) is 7. The Morgan fingerprint density at radius 3 is 1.07 bits per heavy atom. The molecule has 0 N–H and O–H groups in total. The van der Waals surface area contributed by atoms with Gasteiger partial charge in [-0.2, -0.15) is 5.11 Å². The first-order chi connectivity index (χ1) is 22.5. The Morgan fingerprint density at radius 1 is 0.348 bits per heavy atom. The van der Waals surface area contributed by atoms with Crippen LogP contribution in [0.4, 0.5) is 39.8 Å². The van der Waals surface area contributed by atoms with Crippen LogP contribution in [0.5, 0.6) is 0 Å². The van der Waals surface area contributed by atoms with E-state index in [0.717, 1.165) is 72.1 Å². The summed E-state index contributed by atoms with van der Waals surface area (Å²) in [6.07, 6.45) is 0. The monoisotopic (exact) mass is 597 g/mol. The molecule has 0 aliphatic rings. The number of benzene rings is 7. The minimum Gasteiger partial charge on any atom is -0.377 e. The second-order valence-electron chi connectivity index (χ2n) is 11.3. The fourth-order valence-electron chi connectivity index (χ4n) is 5.57. The number of hydrogen-bond donors (Lipinski definition) is 0. The molecule has 0 aliphatic carbocycles. The molecule has 0 heterocycles. The summed E-state index contributed by atoms with van der Waals surface area (Å²) in [7, 11) is 4.09. The Hall–Kier alpha value is -6.08. The van der Waals surface area contributed by atoms with Gasteiger partial charge in [-0.1, -0.05) is 90.5 Å². The highest BCUT2D eigenvalue weighted by Gasteiger charge is 2.10. The van der Waals surface area contributed by atoms with Crippen molar-refractivity contribution in [1.29, 1.82) is 0 Å². The molecule has 0 atom stereocenters. The van der Waals surface area contributed by atoms with Crippen LogP contribution in [0.25, 0.3) is 32.3 Å². The number of fused-ring (bicyclic) bond motifs is 3. The van der Waals surface area contributed by atoms with E-state index in [9.17, 15) is 0 Å². The lowest BCUT2D eigenvalue weighted by Gasteiger charge is -2.16. The first-order valence-corrected chi connectivity index (χ1v) is 15.1. The van der Waals surface area contributed by atoms with E-state index in [1.54, 1.807) is 0 Å². The first-order valence-electron chi connectivity index (χ1n) is 15.1. The highest BCUT2D eigenvalue weighted by Crippen LogP contribution is 2.39. The Labute approximate surface area is 267 Å². The van der Waals surface area contributed by atoms with Crippen LogP contribution in [0.15, 0.2) is 164 Å². The Bertz CT molecular complexity index is 2300. The van der Waals surface area contributed by atoms with Gasteiger partial charge in [0, 0.05) is 52.1 Å². The second-order valence-corrected chi connectivity index (χ2v) is 11.3. The number of rotatable bonds is 7. The largest absolute Gasteiger partial charge is 0.377 e. The molecule has 0 fully saturated rings. The molecular formula is C39H31N7. The highest BCUT2D eigenvalue weighted by atomic mass is 15.1. The van der Waals surface area contributed by atoms with E-state index >= 15 is 0 Å². The van der Waals surface area contributed by atoms with E-state index in [0.29, 0.717) is 0 Å². The van der Waals surface area contributed by atoms with E-state index in [1.165, 1.54) is 5.56 Å². The summed E-state index contributed by atoms with van der Waals surface area (Å²) in [6, 6.07) is 44.3. The van der Waals surface area contributed by atoms with Gasteiger partial charge in [-0.3, -0.25) is 0 Å². The van der Waals surface area contributed by atoms with Crippen LogP contribution in [0.1, 0.15) is 5.56 Å². The summed E-state index contributed by atoms with van der Waals surface area (Å²) in [6.45, 7) is 2.05. The minimum atomic E-state index is 0.752. The molecule has 0 aliphatic heterocycles. The van der Waals surface area contributed by atoms with Crippen LogP contribution in [-0.2, 0) is 0 Å². The van der Waals surface area contributed by atoms with E-state index in [4.69, 9.17) is 20.5 Å². The summed E-state index contributed by atoms with van der Waals surface area (Å²) in [5, 5.41) is 33.8. The summed E-state index contributed by atoms with van der Waals surface area (Å²) in [4.78, 5) is 2.11. The van der Waals surface area contributed by atoms with Crippen molar-refractivity contribution >= 4 is 72.1 Å². The predicted molar refractivity (Wildman–Crippen MR) is 190 cm³/mol. The molecule has 222 valence electrons. The molecule has 46 heavy (non-hydrogen) atoms. The molecule has 0 saturated carbocycles. The number of azo groups is 3. The zero-order chi connectivity index (χ0) is 31.5. The van der Waals surface area contributed by atoms with Crippen LogP contribution in [0.3, 0.4) is 0 Å². The van der Waals surface area contributed by atoms with Crippen LogP contribution < -0.4 is 4.90 Å². The maximum Gasteiger partial charge on any atom is 0.0936 e. The van der Waals surface area contributed by atoms with Crippen molar-refractivity contribution in [3.63, 3.8) is 0 Å². The van der Waals surface area contributed by atoms with Gasteiger partial charge in [0.05, 0.1) is 34.1 Å². The van der Waals surface area contributed by atoms with Crippen molar-refractivity contribution in [2.45, 2.75) is 6.92 Å². The molecule has 0 spiro atoms. The van der Waals surface area contributed by atoms with Gasteiger partial charge in [0.25, 0.3) is 0 Å². The van der Waals surface area contributed by atoms with Gasteiger partial charge in [0.15, 0.2) is 0 Å². The van der Waals surface area contributed by atoms with E-state index < -0.39 is 0 Å². The van der Waals surface area contributed by atoms with Crippen molar-refractivity contribution in [3.8, 4) is 0 Å². The van der Waals surface area contributed by atoms with Gasteiger partial charge >= 0.3 is 0 Å². The van der Waals surface area contributed by atoms with E-state index in [-0.39, 0.29) is 0 Å². The molecule has 0 radical (unpaired) electrons. The quantitative estimate of drug-likeness (QED) is 0.168. The van der Waals surface area contributed by atoms with Crippen molar-refractivity contribution in [1.82, 2.24) is 0 Å². The standard InChI is InChI=1S/C39H31N7/c1-26-16-18-27(19-17-26)40-41-34-20-21-35(29-11-5-4-10-28(29)34)42-43-36-22-23-37(31-13-7-6-12-30(31)36)44-45-38-24-25-39(46(2)3)33-15-9-8-14-32(33)38/h4-25H,1-3H3. The van der Waals surface area contributed by atoms with Crippen LogP contribution in [0.2, 0.25) is 0 Å². The Kier molecular flexibility index (Phi) is 7.79. The minimum absolute atomic E-state index is 0.752. The summed E-state index contributed by atoms with van der Waals surface area (Å²) in [5.41, 5.74) is 7.01. The maximum absolute atomic E-state index is 4.71. The maximum atomic E-state index is 4.71. The fourth-order valence-corrected chi connectivity index (χ4v) is 5.57. The summed E-state index contributed by atoms with van der Waals surface area (Å²) < 4.78 is 0. The zero-order valence-corrected chi connectivity index (χ0v) is 25.8. The molecule has 7 heteroatoms. The predicted octanol–water partition coefficient (Wildman–Crippen LogP) is 12.8. The highest BCUT2D eigenvalue weighted by molar-refractivity contribution is 6.02. The molecule has 0 amide bonds. The number of aryl methyl sites for hydroxylation is 1. The molecule has 7 rings (SSSR count). The summed E-state index contributed by atoms with van der Waals surface area (Å²) >= 11 is 0. The molecule has 0 unspecified atom stereocenters. The Morgan fingerprint density at radius 2 is 0.674 bits per heavy atom. The average Bonchev–Trinajstić information content (AvgIpc) is 3.09. The molecule has 7 nitrogen and oxygen atoms in total. The van der Waals surface area contributed by atoms with Crippen molar-refractivity contribution in [2.24, 2.45) is 30.7 Å². The van der Waals surface area contributed by atoms with Gasteiger partial charge < -0.3 is 4.90 Å². The zero-order valence-electron chi connectivity index (χ0n) is 25.8. The smallest absolute Gasteiger partial charge is 0.0936 e. The normalized spacial score (nSPS) is 12.0. The molecule has 0 aromatic heterocycles. The molecule has 0 saturated heterocycles. The lowest BCUT2D eigenvalue weighted by molar-refractivity contribution is 1.14. The van der Waals surface area contributed by atoms with Gasteiger partial charge in [-0.25, -0.2) is 0 Å². The number of nitrogens with zero attached hydrogens (tertiary/aromatic N) is 7. The lowest BCUT2D eigenvalue weighted by atomic mass is 10.1. The second kappa shape index (κ2) is 12.5. The van der Waals surface area contributed by atoms with Gasteiger partial charge in [-0.05, 0) is 55.5 Å². The third-order valence-electron chi connectivity index (χ3n) is 7.95. The Balaban J connectivity index is 1.21. The lowest BCUT2D eigenvalue weighted by Crippen LogP contribution is -2.08. The average molecular weight is 598 g/mol. The third kappa shape index (κ3) is 5.74. The van der Waals surface area contributed by atoms with E-state index in [2.05, 4.69) is 40.3 Å². The molecule has 0 bridgehead atoms. The van der Waals surface area contributed by atoms with Crippen molar-refractivity contribution in [2.75, 3.05) is 19.0 Å². The SMILES string of the molecule is Cc1ccc(N=Nc2ccc(N=Nc3ccc(N=Nc4ccc(N(C)C)c5ccccc45)c4ccccc34)c3ccccc23)cc1. The van der Waals surface area contributed by atoms with Gasteiger partial charge in [0.2, 0.25) is 0 Å². The third-order valence-corrected chi connectivity index (χ3v) is 7.95. The fraction of sp³-hybridized carbons (Fsp3) is 0.0769. The topological polar surface area (TPSA) is 77.4 Å². The van der Waals surface area contributed by atoms with Crippen LogP contribution in [-0.4, -0.2) is 14.1 Å². The molecule has 7 aromatic carbocycles. The number of anilines is 1. The van der Waals surface area contributed by atoms with Crippen LogP contribution >= 0.6 is 0 Å². The van der Waals surface area contributed by atoms with Gasteiger partial charge in [-0.15, -0.1) is 25.6 Å². The first kappa shape index (κ1) is 28.7. The van der Waals surface area contributed by atoms with E-state index in [1.807, 2.05) is 129 Å². The summed E-state index contributed by atoms with van der Waals surface area (Å²) in [5.74, 6) is 0. The van der Waals surface area contributed by atoms with Gasteiger partial charge in [0.1, 0.15) is 0 Å².